The van der Waals surface area contributed by atoms with Crippen molar-refractivity contribution >= 4 is 39.8 Å². The van der Waals surface area contributed by atoms with Crippen LogP contribution in [0.2, 0.25) is 0 Å². The number of amides is 2. The number of hydrogen-bond acceptors (Lipinski definition) is 7. The van der Waals surface area contributed by atoms with Gasteiger partial charge in [-0.25, -0.2) is 4.79 Å². The Hall–Kier alpha value is -4.37. The topological polar surface area (TPSA) is 107 Å². The average molecular weight is 477 g/mol. The molecule has 4 aromatic rings. The Morgan fingerprint density at radius 2 is 1.65 bits per heavy atom. The van der Waals surface area contributed by atoms with Gasteiger partial charge in [0, 0.05) is 11.3 Å². The van der Waals surface area contributed by atoms with Crippen LogP contribution in [0.1, 0.15) is 31.9 Å². The maximum Gasteiger partial charge on any atom is 0.349 e. The molecular weight excluding hydrogens is 456 g/mol. The number of ether oxygens (including phenoxy) is 2. The van der Waals surface area contributed by atoms with E-state index in [2.05, 4.69) is 10.6 Å². The van der Waals surface area contributed by atoms with E-state index >= 15 is 0 Å². The molecule has 9 heteroatoms. The van der Waals surface area contributed by atoms with Crippen molar-refractivity contribution < 1.29 is 28.3 Å². The van der Waals surface area contributed by atoms with Gasteiger partial charge in [0.15, 0.2) is 5.76 Å². The average Bonchev–Trinajstić information content (AvgIpc) is 3.56. The van der Waals surface area contributed by atoms with Crippen LogP contribution in [0.5, 0.6) is 5.75 Å². The Morgan fingerprint density at radius 3 is 2.32 bits per heavy atom. The van der Waals surface area contributed by atoms with Crippen molar-refractivity contribution in [2.45, 2.75) is 6.10 Å². The summed E-state index contributed by atoms with van der Waals surface area (Å²) in [6.45, 7) is 0. The number of rotatable bonds is 8. The highest BCUT2D eigenvalue weighted by molar-refractivity contribution is 7.18. The molecule has 0 spiro atoms. The molecule has 0 saturated carbocycles. The van der Waals surface area contributed by atoms with Crippen LogP contribution >= 0.6 is 11.3 Å². The molecule has 4 rings (SSSR count). The van der Waals surface area contributed by atoms with Gasteiger partial charge in [-0.2, -0.15) is 0 Å². The van der Waals surface area contributed by atoms with Crippen LogP contribution in [-0.4, -0.2) is 24.9 Å². The number of carbonyl (C=O) groups excluding carboxylic acids is 3. The first-order valence-electron chi connectivity index (χ1n) is 10.2. The lowest BCUT2D eigenvalue weighted by Crippen LogP contribution is -2.25. The van der Waals surface area contributed by atoms with Crippen molar-refractivity contribution in [2.24, 2.45) is 0 Å². The smallest absolute Gasteiger partial charge is 0.349 e. The Bertz CT molecular complexity index is 1270. The molecule has 0 aliphatic carbocycles. The number of methoxy groups -OCH3 is 1. The van der Waals surface area contributed by atoms with E-state index in [0.29, 0.717) is 22.0 Å². The van der Waals surface area contributed by atoms with Crippen molar-refractivity contribution in [1.29, 1.82) is 0 Å². The minimum atomic E-state index is -1.18. The van der Waals surface area contributed by atoms with Gasteiger partial charge in [0.05, 0.1) is 18.4 Å². The maximum atomic E-state index is 13.0. The molecule has 0 aliphatic rings. The van der Waals surface area contributed by atoms with Crippen LogP contribution in [0.25, 0.3) is 0 Å². The molecule has 0 saturated heterocycles. The lowest BCUT2D eigenvalue weighted by Gasteiger charge is -2.18. The molecule has 0 fully saturated rings. The number of furan rings is 1. The lowest BCUT2D eigenvalue weighted by atomic mass is 10.1. The summed E-state index contributed by atoms with van der Waals surface area (Å²) in [6.07, 6.45) is 0.214. The van der Waals surface area contributed by atoms with Crippen LogP contribution in [-0.2, 0) is 9.53 Å². The summed E-state index contributed by atoms with van der Waals surface area (Å²) in [5, 5.41) is 5.86. The molecule has 2 aromatic carbocycles. The van der Waals surface area contributed by atoms with Crippen LogP contribution in [0, 0.1) is 0 Å². The third-order valence-corrected chi connectivity index (χ3v) is 5.69. The predicted molar refractivity (Wildman–Crippen MR) is 127 cm³/mol. The normalized spacial score (nSPS) is 11.3. The van der Waals surface area contributed by atoms with Gasteiger partial charge in [-0.3, -0.25) is 9.59 Å². The third-order valence-electron chi connectivity index (χ3n) is 4.71. The zero-order valence-electron chi connectivity index (χ0n) is 18.0. The Kier molecular flexibility index (Phi) is 7.04. The molecule has 1 atom stereocenters. The van der Waals surface area contributed by atoms with Gasteiger partial charge in [-0.05, 0) is 48.5 Å². The van der Waals surface area contributed by atoms with Gasteiger partial charge in [-0.15, -0.1) is 11.3 Å². The number of anilines is 2. The summed E-state index contributed by atoms with van der Waals surface area (Å²) in [5.74, 6) is -0.837. The molecule has 34 heavy (non-hydrogen) atoms. The summed E-state index contributed by atoms with van der Waals surface area (Å²) >= 11 is 1.03. The number of benzene rings is 2. The van der Waals surface area contributed by atoms with E-state index in [1.165, 1.54) is 18.4 Å². The fourth-order valence-electron chi connectivity index (χ4n) is 3.04. The van der Waals surface area contributed by atoms with Crippen molar-refractivity contribution in [1.82, 2.24) is 0 Å². The van der Waals surface area contributed by atoms with Crippen LogP contribution in [0.15, 0.2) is 89.5 Å². The van der Waals surface area contributed by atoms with Crippen LogP contribution < -0.4 is 15.4 Å². The summed E-state index contributed by atoms with van der Waals surface area (Å²) in [6, 6.07) is 21.8. The Balaban J connectivity index is 1.48. The van der Waals surface area contributed by atoms with E-state index < -0.39 is 23.9 Å². The van der Waals surface area contributed by atoms with E-state index in [9.17, 15) is 14.4 Å². The van der Waals surface area contributed by atoms with Gasteiger partial charge in [-0.1, -0.05) is 30.3 Å². The highest BCUT2D eigenvalue weighted by Gasteiger charge is 2.26. The molecule has 2 amide bonds. The van der Waals surface area contributed by atoms with Crippen molar-refractivity contribution in [2.75, 3.05) is 17.7 Å². The summed E-state index contributed by atoms with van der Waals surface area (Å²) < 4.78 is 15.8. The van der Waals surface area contributed by atoms with E-state index in [4.69, 9.17) is 13.9 Å². The van der Waals surface area contributed by atoms with E-state index in [-0.39, 0.29) is 10.6 Å². The molecule has 2 aromatic heterocycles. The molecule has 1 unspecified atom stereocenters. The van der Waals surface area contributed by atoms with E-state index in [1.807, 2.05) is 0 Å². The number of nitrogens with one attached hydrogen (secondary N) is 2. The van der Waals surface area contributed by atoms with Crippen LogP contribution in [0.3, 0.4) is 0 Å². The zero-order valence-corrected chi connectivity index (χ0v) is 18.8. The highest BCUT2D eigenvalue weighted by Crippen LogP contribution is 2.27. The Labute approximate surface area is 199 Å². The zero-order chi connectivity index (χ0) is 23.9. The number of hydrogen-bond donors (Lipinski definition) is 2. The van der Waals surface area contributed by atoms with Gasteiger partial charge in [0.1, 0.15) is 10.6 Å². The molecule has 2 heterocycles. The second kappa shape index (κ2) is 10.5. The monoisotopic (exact) mass is 476 g/mol. The molecule has 0 radical (unpaired) electrons. The van der Waals surface area contributed by atoms with E-state index in [1.54, 1.807) is 73.8 Å². The molecule has 172 valence electrons. The fourth-order valence-corrected chi connectivity index (χ4v) is 3.83. The van der Waals surface area contributed by atoms with Crippen LogP contribution in [0.4, 0.5) is 10.7 Å². The number of esters is 1. The SMILES string of the molecule is COc1ccc(NC(=O)C(OC(=O)c2ccc(NC(=O)c3ccco3)s2)c2ccccc2)cc1. The first kappa shape index (κ1) is 22.8. The minimum absolute atomic E-state index is 0.150. The second-order valence-electron chi connectivity index (χ2n) is 7.01. The fraction of sp³-hybridized carbons (Fsp3) is 0.0800. The largest absolute Gasteiger partial charge is 0.497 e. The molecule has 0 aliphatic heterocycles. The lowest BCUT2D eigenvalue weighted by molar-refractivity contribution is -0.125. The molecule has 2 N–H and O–H groups in total. The summed E-state index contributed by atoms with van der Waals surface area (Å²) in [7, 11) is 1.55. The predicted octanol–water partition coefficient (Wildman–Crippen LogP) is 5.14. The molecule has 8 nitrogen and oxygen atoms in total. The Morgan fingerprint density at radius 1 is 0.882 bits per heavy atom. The minimum Gasteiger partial charge on any atom is -0.497 e. The van der Waals surface area contributed by atoms with Gasteiger partial charge in [0.2, 0.25) is 6.10 Å². The number of carbonyl (C=O) groups is 3. The number of thiophene rings is 1. The molecule has 0 bridgehead atoms. The van der Waals surface area contributed by atoms with Gasteiger partial charge >= 0.3 is 5.97 Å². The van der Waals surface area contributed by atoms with E-state index in [0.717, 1.165) is 11.3 Å². The van der Waals surface area contributed by atoms with Crippen molar-refractivity contribution in [3.63, 3.8) is 0 Å². The first-order valence-corrected chi connectivity index (χ1v) is 11.0. The van der Waals surface area contributed by atoms with Crippen molar-refractivity contribution in [3.8, 4) is 5.75 Å². The second-order valence-corrected chi connectivity index (χ2v) is 8.09. The quantitative estimate of drug-likeness (QED) is 0.341. The van der Waals surface area contributed by atoms with Gasteiger partial charge < -0.3 is 24.5 Å². The van der Waals surface area contributed by atoms with Crippen molar-refractivity contribution in [3.05, 3.63) is 101 Å². The standard InChI is InChI=1S/C25H20N2O6S/c1-31-18-11-9-17(10-12-18)26-24(29)22(16-6-3-2-4-7-16)33-25(30)20-13-14-21(34-20)27-23(28)19-8-5-15-32-19/h2-15,22H,1H3,(H,26,29)(H,27,28). The highest BCUT2D eigenvalue weighted by atomic mass is 32.1. The van der Waals surface area contributed by atoms with Gasteiger partial charge in [0.25, 0.3) is 11.8 Å². The summed E-state index contributed by atoms with van der Waals surface area (Å²) in [5.41, 5.74) is 1.05. The maximum absolute atomic E-state index is 13.0. The first-order chi connectivity index (χ1) is 16.5. The molecular formula is C25H20N2O6S. The summed E-state index contributed by atoms with van der Waals surface area (Å²) in [4.78, 5) is 38.3. The third kappa shape index (κ3) is 5.51.